The summed E-state index contributed by atoms with van der Waals surface area (Å²) in [5.74, 6) is 0.790. The van der Waals surface area contributed by atoms with Crippen LogP contribution in [0.1, 0.15) is 22.4 Å². The Bertz CT molecular complexity index is 3080. The van der Waals surface area contributed by atoms with E-state index in [9.17, 15) is 14.3 Å². The predicted molar refractivity (Wildman–Crippen MR) is 272 cm³/mol. The molecule has 0 aliphatic carbocycles. The van der Waals surface area contributed by atoms with Crippen LogP contribution >= 0.6 is 34.5 Å². The quantitative estimate of drug-likeness (QED) is 0.130. The van der Waals surface area contributed by atoms with E-state index < -0.39 is 24.0 Å². The van der Waals surface area contributed by atoms with Crippen LogP contribution in [-0.2, 0) is 27.3 Å². The molecule has 7 heterocycles. The van der Waals surface area contributed by atoms with E-state index in [1.165, 1.54) is 29.8 Å². The Morgan fingerprint density at radius 3 is 2.42 bits per heavy atom. The van der Waals surface area contributed by atoms with Crippen molar-refractivity contribution in [3.63, 3.8) is 0 Å². The van der Waals surface area contributed by atoms with Gasteiger partial charge in [-0.1, -0.05) is 35.3 Å². The molecule has 2 saturated heterocycles. The first-order valence-corrected chi connectivity index (χ1v) is 25.1. The number of rotatable bonds is 11. The first kappa shape index (κ1) is 49.4. The molecule has 15 nitrogen and oxygen atoms in total. The number of likely N-dealkylation sites (N-methyl/N-ethyl adjacent to an activating group) is 1. The van der Waals surface area contributed by atoms with Crippen LogP contribution in [0.4, 0.5) is 4.39 Å². The van der Waals surface area contributed by atoms with Gasteiger partial charge in [0, 0.05) is 78.5 Å². The number of piperazine rings is 1. The van der Waals surface area contributed by atoms with Crippen LogP contribution in [0.15, 0.2) is 85.3 Å². The molecule has 1 N–H and O–H groups in total. The number of hydrogen-bond donors (Lipinski definition) is 1. The van der Waals surface area contributed by atoms with Crippen molar-refractivity contribution >= 4 is 50.7 Å². The molecule has 3 atom stereocenters. The highest BCUT2D eigenvalue weighted by atomic mass is 35.5. The molecule has 11 rings (SSSR count). The first-order chi connectivity index (χ1) is 34.9. The Kier molecular flexibility index (Phi) is 15.0. The predicted octanol–water partition coefficient (Wildman–Crippen LogP) is 9.38. The van der Waals surface area contributed by atoms with Crippen LogP contribution in [-0.4, -0.2) is 132 Å². The average Bonchev–Trinajstić information content (AvgIpc) is 3.77. The maximum Gasteiger partial charge on any atom is 0.345 e. The zero-order chi connectivity index (χ0) is 49.9. The van der Waals surface area contributed by atoms with E-state index in [1.807, 2.05) is 38.1 Å². The number of halogens is 3. The molecule has 4 aliphatic heterocycles. The van der Waals surface area contributed by atoms with E-state index in [2.05, 4.69) is 31.8 Å². The standard InChI is InChI=1S/C53H51Cl2FN6O9S/c1-30-39-22-44(53(63)64)71-51-47-46(49(72-52(47)59-29-58-51)32-4-8-34(56)9-5-32)45-31(2)48(55)43(23-40(45)54)70-37(24-62-18-16-61(3)17-19-62)27-69-41(30)12-13-42(39)68-25-35-14-15-57-50(60-35)33-6-10-36(11-7-33)67-28-38-26-65-20-21-66-38/h4-15,23,29,37-38,44H,16-22,24-28H2,1-3H3,(H,63,64)/t37-,38-,44-/m1/s1. The highest BCUT2D eigenvalue weighted by molar-refractivity contribution is 7.22. The highest BCUT2D eigenvalue weighted by Crippen LogP contribution is 2.52. The minimum absolute atomic E-state index is 0.00367. The van der Waals surface area contributed by atoms with E-state index in [1.54, 1.807) is 42.6 Å². The van der Waals surface area contributed by atoms with Crippen molar-refractivity contribution in [2.75, 3.05) is 72.8 Å². The Balaban J connectivity index is 1.01. The lowest BCUT2D eigenvalue weighted by Gasteiger charge is -2.34. The Labute approximate surface area is 429 Å². The summed E-state index contributed by atoms with van der Waals surface area (Å²) in [6.45, 7) is 9.83. The monoisotopic (exact) mass is 1040 g/mol. The lowest BCUT2D eigenvalue weighted by atomic mass is 9.95. The Morgan fingerprint density at radius 1 is 0.861 bits per heavy atom. The van der Waals surface area contributed by atoms with Gasteiger partial charge < -0.3 is 43.2 Å². The lowest BCUT2D eigenvalue weighted by Crippen LogP contribution is -2.49. The molecule has 0 spiro atoms. The number of fused-ring (bicyclic) bond motifs is 7. The molecule has 4 bridgehead atoms. The lowest BCUT2D eigenvalue weighted by molar-refractivity contribution is -0.145. The topological polar surface area (TPSA) is 160 Å². The summed E-state index contributed by atoms with van der Waals surface area (Å²) in [6, 6.07) is 20.6. The van der Waals surface area contributed by atoms with Gasteiger partial charge in [-0.2, -0.15) is 0 Å². The highest BCUT2D eigenvalue weighted by Gasteiger charge is 2.32. The molecule has 4 aromatic carbocycles. The van der Waals surface area contributed by atoms with Gasteiger partial charge in [0.25, 0.3) is 0 Å². The van der Waals surface area contributed by atoms with Crippen LogP contribution in [0.5, 0.6) is 28.9 Å². The Morgan fingerprint density at radius 2 is 1.65 bits per heavy atom. The van der Waals surface area contributed by atoms with E-state index in [-0.39, 0.29) is 31.6 Å². The minimum atomic E-state index is -1.49. The van der Waals surface area contributed by atoms with Crippen molar-refractivity contribution < 1.29 is 47.4 Å². The van der Waals surface area contributed by atoms with Crippen molar-refractivity contribution in [3.05, 3.63) is 124 Å². The van der Waals surface area contributed by atoms with Crippen molar-refractivity contribution in [1.29, 1.82) is 0 Å². The van der Waals surface area contributed by atoms with Crippen LogP contribution < -0.4 is 23.7 Å². The van der Waals surface area contributed by atoms with Gasteiger partial charge in [0.2, 0.25) is 12.0 Å². The normalized spacial score (nSPS) is 18.7. The molecule has 0 radical (unpaired) electrons. The number of nitrogens with zero attached hydrogens (tertiary/aromatic N) is 6. The molecular weight excluding hydrogens is 987 g/mol. The number of carbonyl (C=O) groups is 1. The third kappa shape index (κ3) is 10.9. The van der Waals surface area contributed by atoms with Crippen molar-refractivity contribution in [2.45, 2.75) is 45.2 Å². The maximum atomic E-state index is 14.4. The molecule has 4 aliphatic rings. The number of hydrogen-bond acceptors (Lipinski definition) is 15. The van der Waals surface area contributed by atoms with Crippen molar-refractivity contribution in [3.8, 4) is 61.8 Å². The molecule has 0 amide bonds. The molecule has 0 saturated carbocycles. The Hall–Kier alpha value is -6.18. The summed E-state index contributed by atoms with van der Waals surface area (Å²) in [5.41, 5.74) is 4.89. The number of aliphatic carboxylic acids is 1. The first-order valence-electron chi connectivity index (χ1n) is 23.6. The van der Waals surface area contributed by atoms with Crippen molar-refractivity contribution in [2.24, 2.45) is 0 Å². The van der Waals surface area contributed by atoms with E-state index >= 15 is 0 Å². The minimum Gasteiger partial charge on any atom is -0.491 e. The third-order valence-corrected chi connectivity index (χ3v) is 14.9. The van der Waals surface area contributed by atoms with Gasteiger partial charge in [0.15, 0.2) is 5.82 Å². The number of ether oxygens (including phenoxy) is 7. The molecular formula is C53H51Cl2FN6O9S. The van der Waals surface area contributed by atoms with Crippen LogP contribution in [0.2, 0.25) is 10.0 Å². The van der Waals surface area contributed by atoms with Crippen LogP contribution in [0, 0.1) is 19.7 Å². The largest absolute Gasteiger partial charge is 0.491 e. The molecule has 72 heavy (non-hydrogen) atoms. The molecule has 2 fully saturated rings. The van der Waals surface area contributed by atoms with Crippen LogP contribution in [0.25, 0.3) is 43.2 Å². The van der Waals surface area contributed by atoms with Gasteiger partial charge in [0.05, 0.1) is 40.9 Å². The second-order valence-electron chi connectivity index (χ2n) is 17.9. The van der Waals surface area contributed by atoms with Gasteiger partial charge in [0.1, 0.15) is 72.0 Å². The summed E-state index contributed by atoms with van der Waals surface area (Å²) < 4.78 is 58.0. The summed E-state index contributed by atoms with van der Waals surface area (Å²) in [5, 5.41) is 12.0. The number of thiophene rings is 1. The average molecular weight is 1040 g/mol. The summed E-state index contributed by atoms with van der Waals surface area (Å²) >= 11 is 15.9. The third-order valence-electron chi connectivity index (χ3n) is 13.0. The van der Waals surface area contributed by atoms with Gasteiger partial charge in [-0.15, -0.1) is 11.3 Å². The van der Waals surface area contributed by atoms with E-state index in [0.29, 0.717) is 126 Å². The zero-order valence-corrected chi connectivity index (χ0v) is 42.1. The van der Waals surface area contributed by atoms with Gasteiger partial charge in [-0.25, -0.2) is 29.1 Å². The number of benzene rings is 4. The van der Waals surface area contributed by atoms with E-state index in [4.69, 9.17) is 61.3 Å². The second-order valence-corrected chi connectivity index (χ2v) is 19.7. The maximum absolute atomic E-state index is 14.4. The number of aromatic nitrogens is 4. The fraction of sp³-hybridized carbons (Fsp3) is 0.340. The zero-order valence-electron chi connectivity index (χ0n) is 39.7. The fourth-order valence-corrected chi connectivity index (χ4v) is 10.7. The summed E-state index contributed by atoms with van der Waals surface area (Å²) in [4.78, 5) is 37.7. The summed E-state index contributed by atoms with van der Waals surface area (Å²) in [6.07, 6.45) is 0.697. The smallest absolute Gasteiger partial charge is 0.345 e. The van der Waals surface area contributed by atoms with Crippen LogP contribution in [0.3, 0.4) is 0 Å². The molecule has 19 heteroatoms. The molecule has 7 aromatic rings. The van der Waals surface area contributed by atoms with Gasteiger partial charge in [-0.3, -0.25) is 4.90 Å². The molecule has 3 aromatic heterocycles. The van der Waals surface area contributed by atoms with Gasteiger partial charge in [-0.05, 0) is 92.2 Å². The SMILES string of the molecule is Cc1c2ccc(OCc3ccnc(-c4ccc(OC[C@H]5COCCO5)cc4)n3)c1C[C@H](C(=O)O)Oc1ncnc3sc(-c4ccc(F)cc4)c(c13)-c1c(Cl)cc(c(Cl)c1C)O[C@H](CN1CCN(C)CC1)CO2. The summed E-state index contributed by atoms with van der Waals surface area (Å²) in [7, 11) is 2.10. The number of carboxylic acids is 1. The fourth-order valence-electron chi connectivity index (χ4n) is 9.01. The van der Waals surface area contributed by atoms with Crippen molar-refractivity contribution in [1.82, 2.24) is 29.7 Å². The second kappa shape index (κ2) is 21.9. The molecule has 0 unspecified atom stereocenters. The number of carboxylic acid groups (broad SMARTS) is 1. The van der Waals surface area contributed by atoms with E-state index in [0.717, 1.165) is 31.7 Å². The van der Waals surface area contributed by atoms with Gasteiger partial charge >= 0.3 is 5.97 Å². The molecule has 374 valence electrons.